The zero-order valence-corrected chi connectivity index (χ0v) is 12.6. The van der Waals surface area contributed by atoms with Gasteiger partial charge >= 0.3 is 0 Å². The van der Waals surface area contributed by atoms with Gasteiger partial charge in [-0.3, -0.25) is 4.79 Å². The van der Waals surface area contributed by atoms with Crippen LogP contribution in [0.5, 0.6) is 0 Å². The molecule has 7 nitrogen and oxygen atoms in total. The molecule has 3 rings (SSSR count). The summed E-state index contributed by atoms with van der Waals surface area (Å²) >= 11 is 5.85. The first-order valence-corrected chi connectivity index (χ1v) is 7.08. The lowest BCUT2D eigenvalue weighted by molar-refractivity contribution is -0.121. The highest BCUT2D eigenvalue weighted by atomic mass is 35.5. The largest absolute Gasteiger partial charge is 0.461 e. The van der Waals surface area contributed by atoms with E-state index in [2.05, 4.69) is 15.5 Å². The van der Waals surface area contributed by atoms with Crippen LogP contribution in [-0.4, -0.2) is 22.7 Å². The van der Waals surface area contributed by atoms with E-state index >= 15 is 0 Å². The maximum absolute atomic E-state index is 11.8. The first-order chi connectivity index (χ1) is 11.2. The monoisotopic (exact) mass is 333 g/mol. The Balaban J connectivity index is 1.48. The molecule has 8 heteroatoms. The molecule has 118 valence electrons. The highest BCUT2D eigenvalue weighted by Crippen LogP contribution is 2.21. The number of nitrogens with one attached hydrogen (secondary N) is 1. The zero-order chi connectivity index (χ0) is 16.1. The van der Waals surface area contributed by atoms with Crippen LogP contribution in [0.1, 0.15) is 5.69 Å². The molecule has 0 aliphatic rings. The minimum Gasteiger partial charge on any atom is -0.461 e. The fourth-order valence-electron chi connectivity index (χ4n) is 1.83. The van der Waals surface area contributed by atoms with Crippen LogP contribution in [0.25, 0.3) is 11.5 Å². The summed E-state index contributed by atoms with van der Waals surface area (Å²) in [6, 6.07) is 8.53. The van der Waals surface area contributed by atoms with Crippen molar-refractivity contribution in [3.63, 3.8) is 0 Å². The third-order valence-electron chi connectivity index (χ3n) is 2.84. The van der Waals surface area contributed by atoms with E-state index in [9.17, 15) is 4.79 Å². The zero-order valence-electron chi connectivity index (χ0n) is 11.9. The second-order valence-corrected chi connectivity index (χ2v) is 4.90. The topological polar surface area (TPSA) is 90.4 Å². The minimum atomic E-state index is -0.338. The Bertz CT molecular complexity index is 786. The van der Waals surface area contributed by atoms with Crippen molar-refractivity contribution >= 4 is 23.2 Å². The van der Waals surface area contributed by atoms with Gasteiger partial charge in [-0.05, 0) is 24.3 Å². The SMILES string of the molecule is O=C(COCc1cc(-c2ccco2)on1)Nc1cccnc1Cl. The van der Waals surface area contributed by atoms with Gasteiger partial charge in [0.15, 0.2) is 10.9 Å². The van der Waals surface area contributed by atoms with Crippen LogP contribution >= 0.6 is 11.6 Å². The maximum atomic E-state index is 11.8. The predicted octanol–water partition coefficient (Wildman–Crippen LogP) is 3.14. The highest BCUT2D eigenvalue weighted by Gasteiger charge is 2.10. The van der Waals surface area contributed by atoms with Gasteiger partial charge < -0.3 is 19.0 Å². The summed E-state index contributed by atoms with van der Waals surface area (Å²) in [7, 11) is 0. The molecule has 0 saturated carbocycles. The van der Waals surface area contributed by atoms with Gasteiger partial charge in [-0.1, -0.05) is 16.8 Å². The molecule has 23 heavy (non-hydrogen) atoms. The third-order valence-corrected chi connectivity index (χ3v) is 3.14. The predicted molar refractivity (Wildman–Crippen MR) is 81.7 cm³/mol. The van der Waals surface area contributed by atoms with Crippen LogP contribution in [0.3, 0.4) is 0 Å². The van der Waals surface area contributed by atoms with Gasteiger partial charge in [0.05, 0.1) is 18.6 Å². The van der Waals surface area contributed by atoms with Crippen molar-refractivity contribution in [2.45, 2.75) is 6.61 Å². The molecule has 3 aromatic rings. The number of hydrogen-bond acceptors (Lipinski definition) is 6. The van der Waals surface area contributed by atoms with Crippen LogP contribution in [0.2, 0.25) is 5.15 Å². The van der Waals surface area contributed by atoms with Crippen LogP contribution < -0.4 is 5.32 Å². The smallest absolute Gasteiger partial charge is 0.250 e. The molecule has 0 saturated heterocycles. The number of carbonyl (C=O) groups excluding carboxylic acids is 1. The van der Waals surface area contributed by atoms with Crippen molar-refractivity contribution in [1.29, 1.82) is 0 Å². The number of aromatic nitrogens is 2. The molecule has 1 amide bonds. The third kappa shape index (κ3) is 3.97. The van der Waals surface area contributed by atoms with E-state index in [4.69, 9.17) is 25.3 Å². The number of hydrogen-bond donors (Lipinski definition) is 1. The number of carbonyl (C=O) groups is 1. The van der Waals surface area contributed by atoms with E-state index < -0.39 is 0 Å². The van der Waals surface area contributed by atoms with Crippen molar-refractivity contribution in [3.8, 4) is 11.5 Å². The maximum Gasteiger partial charge on any atom is 0.250 e. The van der Waals surface area contributed by atoms with E-state index in [0.29, 0.717) is 22.9 Å². The quantitative estimate of drug-likeness (QED) is 0.697. The number of rotatable bonds is 6. The number of pyridine rings is 1. The van der Waals surface area contributed by atoms with E-state index in [1.807, 2.05) is 0 Å². The molecular formula is C15H12ClN3O4. The molecule has 0 radical (unpaired) electrons. The summed E-state index contributed by atoms with van der Waals surface area (Å²) in [5.41, 5.74) is 0.993. The molecule has 0 aliphatic heterocycles. The Morgan fingerprint density at radius 1 is 1.30 bits per heavy atom. The normalized spacial score (nSPS) is 10.7. The summed E-state index contributed by atoms with van der Waals surface area (Å²) in [6.07, 6.45) is 3.08. The highest BCUT2D eigenvalue weighted by molar-refractivity contribution is 6.32. The number of nitrogens with zero attached hydrogens (tertiary/aromatic N) is 2. The van der Waals surface area contributed by atoms with Crippen LogP contribution in [-0.2, 0) is 16.1 Å². The van der Waals surface area contributed by atoms with Crippen molar-refractivity contribution in [2.75, 3.05) is 11.9 Å². The molecule has 3 heterocycles. The molecule has 0 atom stereocenters. The Labute approximate surface area is 136 Å². The number of anilines is 1. The fourth-order valence-corrected chi connectivity index (χ4v) is 2.00. The van der Waals surface area contributed by atoms with E-state index in [1.54, 1.807) is 36.6 Å². The Kier molecular flexibility index (Phi) is 4.70. The summed E-state index contributed by atoms with van der Waals surface area (Å²) in [5, 5.41) is 6.67. The van der Waals surface area contributed by atoms with Crippen LogP contribution in [0.4, 0.5) is 5.69 Å². The second kappa shape index (κ2) is 7.08. The minimum absolute atomic E-state index is 0.137. The van der Waals surface area contributed by atoms with Crippen LogP contribution in [0.15, 0.2) is 51.7 Å². The van der Waals surface area contributed by atoms with E-state index in [-0.39, 0.29) is 24.3 Å². The lowest BCUT2D eigenvalue weighted by atomic mass is 10.3. The van der Waals surface area contributed by atoms with E-state index in [1.165, 1.54) is 6.20 Å². The van der Waals surface area contributed by atoms with Gasteiger partial charge in [-0.15, -0.1) is 0 Å². The average molecular weight is 334 g/mol. The van der Waals surface area contributed by atoms with Crippen LogP contribution in [0, 0.1) is 0 Å². The molecule has 0 spiro atoms. The Morgan fingerprint density at radius 2 is 2.22 bits per heavy atom. The van der Waals surface area contributed by atoms with Crippen molar-refractivity contribution in [1.82, 2.24) is 10.1 Å². The first kappa shape index (κ1) is 15.3. The molecule has 0 aromatic carbocycles. The molecular weight excluding hydrogens is 322 g/mol. The average Bonchev–Trinajstić information content (AvgIpc) is 3.20. The summed E-state index contributed by atoms with van der Waals surface area (Å²) in [4.78, 5) is 15.6. The first-order valence-electron chi connectivity index (χ1n) is 6.70. The van der Waals surface area contributed by atoms with Gasteiger partial charge in [0.2, 0.25) is 11.7 Å². The molecule has 0 bridgehead atoms. The van der Waals surface area contributed by atoms with Gasteiger partial charge in [0.25, 0.3) is 0 Å². The lowest BCUT2D eigenvalue weighted by Gasteiger charge is -2.06. The van der Waals surface area contributed by atoms with Crippen molar-refractivity contribution in [3.05, 3.63) is 53.6 Å². The molecule has 0 aliphatic carbocycles. The summed E-state index contributed by atoms with van der Waals surface area (Å²) < 4.78 is 15.6. The van der Waals surface area contributed by atoms with Gasteiger partial charge in [0.1, 0.15) is 12.3 Å². The van der Waals surface area contributed by atoms with Crippen molar-refractivity contribution in [2.24, 2.45) is 0 Å². The fraction of sp³-hybridized carbons (Fsp3) is 0.133. The molecule has 0 fully saturated rings. The van der Waals surface area contributed by atoms with Gasteiger partial charge in [0, 0.05) is 12.3 Å². The molecule has 1 N–H and O–H groups in total. The molecule has 0 unspecified atom stereocenters. The van der Waals surface area contributed by atoms with E-state index in [0.717, 1.165) is 0 Å². The number of halogens is 1. The number of furan rings is 1. The summed E-state index contributed by atoms with van der Waals surface area (Å²) in [5.74, 6) is 0.738. The summed E-state index contributed by atoms with van der Waals surface area (Å²) in [6.45, 7) is -0.00737. The lowest BCUT2D eigenvalue weighted by Crippen LogP contribution is -2.18. The molecule has 3 aromatic heterocycles. The Morgan fingerprint density at radius 3 is 3.00 bits per heavy atom. The van der Waals surface area contributed by atoms with Gasteiger partial charge in [-0.25, -0.2) is 4.98 Å². The second-order valence-electron chi connectivity index (χ2n) is 4.54. The number of amides is 1. The van der Waals surface area contributed by atoms with Crippen molar-refractivity contribution < 1.29 is 18.5 Å². The number of ether oxygens (including phenoxy) is 1. The Hall–Kier alpha value is -2.64. The van der Waals surface area contributed by atoms with Gasteiger partial charge in [-0.2, -0.15) is 0 Å². The standard InChI is InChI=1S/C15H12ClN3O4/c16-15-11(3-1-5-17-15)18-14(20)9-21-8-10-7-13(23-19-10)12-4-2-6-22-12/h1-7H,8-9H2,(H,18,20).